The molecule has 74 valence electrons. The summed E-state index contributed by atoms with van der Waals surface area (Å²) in [6, 6.07) is 9.22. The van der Waals surface area contributed by atoms with Crippen LogP contribution in [0.5, 0.6) is 0 Å². The third-order valence-corrected chi connectivity index (χ3v) is 2.33. The van der Waals surface area contributed by atoms with Gasteiger partial charge in [0.25, 0.3) is 0 Å². The molecular formula is C11H9N3O. The molecule has 0 aliphatic heterocycles. The Morgan fingerprint density at radius 1 is 1.47 bits per heavy atom. The summed E-state index contributed by atoms with van der Waals surface area (Å²) >= 11 is 0. The Morgan fingerprint density at radius 2 is 2.20 bits per heavy atom. The lowest BCUT2D eigenvalue weighted by Gasteiger charge is -2.10. The van der Waals surface area contributed by atoms with E-state index in [1.165, 1.54) is 4.90 Å². The fourth-order valence-corrected chi connectivity index (χ4v) is 1.52. The molecule has 0 bridgehead atoms. The van der Waals surface area contributed by atoms with Gasteiger partial charge >= 0.3 is 5.91 Å². The number of carbonyl (C=O) groups is 1. The smallest absolute Gasteiger partial charge is 0.329 e. The maximum Gasteiger partial charge on any atom is 0.329 e. The first kappa shape index (κ1) is 9.28. The molecule has 0 spiro atoms. The number of carbonyl (C=O) groups excluding carboxylic acids is 1. The molecular weight excluding hydrogens is 190 g/mol. The number of benzene rings is 1. The molecule has 0 fully saturated rings. The van der Waals surface area contributed by atoms with Crippen molar-refractivity contribution in [1.82, 2.24) is 4.98 Å². The number of nitrogens with zero attached hydrogens (tertiary/aromatic N) is 2. The number of fused-ring (bicyclic) bond motifs is 1. The zero-order valence-corrected chi connectivity index (χ0v) is 8.19. The van der Waals surface area contributed by atoms with Crippen molar-refractivity contribution < 1.29 is 4.79 Å². The van der Waals surface area contributed by atoms with E-state index in [1.54, 1.807) is 19.3 Å². The van der Waals surface area contributed by atoms with E-state index in [2.05, 4.69) is 4.98 Å². The lowest BCUT2D eigenvalue weighted by molar-refractivity contribution is -0.113. The van der Waals surface area contributed by atoms with Crippen LogP contribution in [-0.2, 0) is 4.79 Å². The van der Waals surface area contributed by atoms with Gasteiger partial charge in [0.1, 0.15) is 0 Å². The second kappa shape index (κ2) is 3.46. The van der Waals surface area contributed by atoms with Crippen LogP contribution in [0.25, 0.3) is 10.9 Å². The predicted octanol–water partition coefficient (Wildman–Crippen LogP) is 1.65. The number of para-hydroxylation sites is 1. The van der Waals surface area contributed by atoms with Crippen molar-refractivity contribution in [3.05, 3.63) is 30.5 Å². The van der Waals surface area contributed by atoms with Gasteiger partial charge in [0.2, 0.25) is 0 Å². The maximum atomic E-state index is 11.2. The molecule has 1 heterocycles. The van der Waals surface area contributed by atoms with Gasteiger partial charge in [0, 0.05) is 24.1 Å². The Labute approximate surface area is 86.7 Å². The van der Waals surface area contributed by atoms with Crippen LogP contribution in [0.3, 0.4) is 0 Å². The van der Waals surface area contributed by atoms with Gasteiger partial charge in [-0.25, -0.2) is 0 Å². The van der Waals surface area contributed by atoms with Crippen molar-refractivity contribution in [2.45, 2.75) is 0 Å². The molecule has 4 heteroatoms. The number of rotatable bonds is 1. The Bertz CT molecular complexity index is 550. The van der Waals surface area contributed by atoms with Gasteiger partial charge < -0.3 is 9.88 Å². The van der Waals surface area contributed by atoms with Crippen LogP contribution in [-0.4, -0.2) is 17.9 Å². The molecule has 0 aliphatic rings. The summed E-state index contributed by atoms with van der Waals surface area (Å²) in [5, 5.41) is 9.46. The highest BCUT2D eigenvalue weighted by molar-refractivity contribution is 6.09. The largest absolute Gasteiger partial charge is 0.359 e. The molecule has 1 aromatic carbocycles. The van der Waals surface area contributed by atoms with Crippen molar-refractivity contribution in [3.63, 3.8) is 0 Å². The second-order valence-corrected chi connectivity index (χ2v) is 3.20. The number of aromatic nitrogens is 1. The van der Waals surface area contributed by atoms with Crippen molar-refractivity contribution in [2.24, 2.45) is 0 Å². The van der Waals surface area contributed by atoms with E-state index >= 15 is 0 Å². The molecule has 15 heavy (non-hydrogen) atoms. The van der Waals surface area contributed by atoms with Crippen molar-refractivity contribution in [1.29, 1.82) is 5.26 Å². The van der Waals surface area contributed by atoms with E-state index in [-0.39, 0.29) is 0 Å². The number of hydrogen-bond donors (Lipinski definition) is 1. The monoisotopic (exact) mass is 199 g/mol. The quantitative estimate of drug-likeness (QED) is 0.710. The Balaban J connectivity index is 2.54. The summed E-state index contributed by atoms with van der Waals surface area (Å²) in [7, 11) is 1.58. The minimum absolute atomic E-state index is 0.570. The lowest BCUT2D eigenvalue weighted by atomic mass is 10.2. The molecule has 0 saturated heterocycles. The van der Waals surface area contributed by atoms with Gasteiger partial charge in [0.05, 0.1) is 5.69 Å². The fourth-order valence-electron chi connectivity index (χ4n) is 1.52. The highest BCUT2D eigenvalue weighted by Crippen LogP contribution is 2.25. The molecule has 1 amide bonds. The first-order valence-corrected chi connectivity index (χ1v) is 4.48. The van der Waals surface area contributed by atoms with E-state index in [1.807, 2.05) is 24.3 Å². The molecule has 0 atom stereocenters. The minimum Gasteiger partial charge on any atom is -0.359 e. The summed E-state index contributed by atoms with van der Waals surface area (Å²) in [5.41, 5.74) is 1.67. The van der Waals surface area contributed by atoms with Crippen LogP contribution in [0, 0.1) is 11.3 Å². The van der Waals surface area contributed by atoms with Crippen LogP contribution < -0.4 is 4.90 Å². The molecule has 0 unspecified atom stereocenters. The molecule has 0 saturated carbocycles. The van der Waals surface area contributed by atoms with Gasteiger partial charge in [-0.2, -0.15) is 5.26 Å². The third kappa shape index (κ3) is 1.44. The molecule has 0 aliphatic carbocycles. The first-order chi connectivity index (χ1) is 7.24. The maximum absolute atomic E-state index is 11.2. The van der Waals surface area contributed by atoms with Crippen LogP contribution >= 0.6 is 0 Å². The Hall–Kier alpha value is -2.28. The van der Waals surface area contributed by atoms with E-state index in [4.69, 9.17) is 5.26 Å². The van der Waals surface area contributed by atoms with Gasteiger partial charge in [-0.3, -0.25) is 4.79 Å². The average Bonchev–Trinajstić information content (AvgIpc) is 2.70. The van der Waals surface area contributed by atoms with E-state index < -0.39 is 5.91 Å². The Morgan fingerprint density at radius 3 is 2.93 bits per heavy atom. The number of nitrogens with one attached hydrogen (secondary N) is 1. The number of amides is 1. The lowest BCUT2D eigenvalue weighted by Crippen LogP contribution is -2.23. The predicted molar refractivity (Wildman–Crippen MR) is 57.3 cm³/mol. The minimum atomic E-state index is -0.570. The zero-order chi connectivity index (χ0) is 10.8. The second-order valence-electron chi connectivity index (χ2n) is 3.20. The van der Waals surface area contributed by atoms with Crippen LogP contribution in [0.15, 0.2) is 30.5 Å². The van der Waals surface area contributed by atoms with Crippen LogP contribution in [0.4, 0.5) is 5.69 Å². The normalized spacial score (nSPS) is 9.87. The van der Waals surface area contributed by atoms with Crippen molar-refractivity contribution in [3.8, 4) is 6.07 Å². The summed E-state index contributed by atoms with van der Waals surface area (Å²) in [6.07, 6.45) is 1.72. The number of anilines is 1. The highest BCUT2D eigenvalue weighted by atomic mass is 16.2. The van der Waals surface area contributed by atoms with Gasteiger partial charge in [-0.1, -0.05) is 18.2 Å². The van der Waals surface area contributed by atoms with Crippen molar-refractivity contribution >= 4 is 22.5 Å². The SMILES string of the molecule is CN(C(=O)C#N)c1c[nH]c2ccccc12. The number of nitriles is 1. The molecule has 1 aromatic heterocycles. The number of aromatic amines is 1. The number of H-pyrrole nitrogens is 1. The van der Waals surface area contributed by atoms with Crippen molar-refractivity contribution in [2.75, 3.05) is 11.9 Å². The van der Waals surface area contributed by atoms with E-state index in [9.17, 15) is 4.79 Å². The van der Waals surface area contributed by atoms with Gasteiger partial charge in [-0.05, 0) is 6.07 Å². The topological polar surface area (TPSA) is 59.9 Å². The summed E-state index contributed by atoms with van der Waals surface area (Å²) in [4.78, 5) is 15.6. The highest BCUT2D eigenvalue weighted by Gasteiger charge is 2.13. The summed E-state index contributed by atoms with van der Waals surface area (Å²) in [5.74, 6) is -0.570. The van der Waals surface area contributed by atoms with Gasteiger partial charge in [0.15, 0.2) is 6.07 Å². The van der Waals surface area contributed by atoms with Crippen LogP contribution in [0.1, 0.15) is 0 Å². The molecule has 0 radical (unpaired) electrons. The summed E-state index contributed by atoms with van der Waals surface area (Å²) < 4.78 is 0. The van der Waals surface area contributed by atoms with Gasteiger partial charge in [-0.15, -0.1) is 0 Å². The molecule has 1 N–H and O–H groups in total. The summed E-state index contributed by atoms with van der Waals surface area (Å²) in [6.45, 7) is 0. The average molecular weight is 199 g/mol. The van der Waals surface area contributed by atoms with E-state index in [0.717, 1.165) is 16.6 Å². The molecule has 2 rings (SSSR count). The Kier molecular flexibility index (Phi) is 2.14. The first-order valence-electron chi connectivity index (χ1n) is 4.48. The number of hydrogen-bond acceptors (Lipinski definition) is 2. The van der Waals surface area contributed by atoms with E-state index in [0.29, 0.717) is 0 Å². The molecule has 2 aromatic rings. The fraction of sp³-hybridized carbons (Fsp3) is 0.0909. The molecule has 4 nitrogen and oxygen atoms in total. The zero-order valence-electron chi connectivity index (χ0n) is 8.19. The standard InChI is InChI=1S/C11H9N3O/c1-14(11(15)6-12)10-7-13-9-5-3-2-4-8(9)10/h2-5,7,13H,1H3. The third-order valence-electron chi connectivity index (χ3n) is 2.33. The van der Waals surface area contributed by atoms with Crippen LogP contribution in [0.2, 0.25) is 0 Å².